The molecule has 1 heterocycles. The summed E-state index contributed by atoms with van der Waals surface area (Å²) in [5.41, 5.74) is 1.19. The van der Waals surface area contributed by atoms with Crippen molar-refractivity contribution in [2.75, 3.05) is 33.8 Å². The molecule has 1 aliphatic rings. The van der Waals surface area contributed by atoms with Gasteiger partial charge in [0.05, 0.1) is 11.6 Å². The summed E-state index contributed by atoms with van der Waals surface area (Å²) in [4.78, 5) is 29.2. The Bertz CT molecular complexity index is 997. The number of benzene rings is 2. The van der Waals surface area contributed by atoms with Crippen LogP contribution < -0.4 is 4.74 Å². The highest BCUT2D eigenvalue weighted by molar-refractivity contribution is 6.46. The molecular weight excluding hydrogens is 416 g/mol. The number of aliphatic hydroxyl groups is 1. The highest BCUT2D eigenvalue weighted by atomic mass is 35.5. The molecule has 2 aromatic rings. The zero-order valence-electron chi connectivity index (χ0n) is 17.5. The lowest BCUT2D eigenvalue weighted by molar-refractivity contribution is -0.140. The molecule has 0 saturated carbocycles. The SMILES string of the molecule is C=CCOc1ccc(C(O)=C2C(=O)C(=O)N(CCN(C)C)[C@@H]2c2ccc(Cl)cc2)cc1. The van der Waals surface area contributed by atoms with Crippen molar-refractivity contribution in [2.24, 2.45) is 0 Å². The number of hydrogen-bond donors (Lipinski definition) is 1. The van der Waals surface area contributed by atoms with Gasteiger partial charge in [-0.1, -0.05) is 36.4 Å². The second-order valence-electron chi connectivity index (χ2n) is 7.47. The van der Waals surface area contributed by atoms with Crippen LogP contribution in [0.4, 0.5) is 0 Å². The molecule has 1 amide bonds. The van der Waals surface area contributed by atoms with Gasteiger partial charge in [-0.05, 0) is 56.1 Å². The van der Waals surface area contributed by atoms with Crippen molar-refractivity contribution < 1.29 is 19.4 Å². The molecule has 7 heteroatoms. The largest absolute Gasteiger partial charge is 0.507 e. The van der Waals surface area contributed by atoms with Crippen LogP contribution in [0.1, 0.15) is 17.2 Å². The fourth-order valence-corrected chi connectivity index (χ4v) is 3.56. The Morgan fingerprint density at radius 3 is 2.39 bits per heavy atom. The van der Waals surface area contributed by atoms with Crippen LogP contribution in [0, 0.1) is 0 Å². The fourth-order valence-electron chi connectivity index (χ4n) is 3.43. The molecule has 1 N–H and O–H groups in total. The van der Waals surface area contributed by atoms with Crippen molar-refractivity contribution in [2.45, 2.75) is 6.04 Å². The third kappa shape index (κ3) is 4.98. The maximum absolute atomic E-state index is 12.9. The van der Waals surface area contributed by atoms with E-state index in [2.05, 4.69) is 6.58 Å². The van der Waals surface area contributed by atoms with E-state index in [1.165, 1.54) is 4.90 Å². The highest BCUT2D eigenvalue weighted by Gasteiger charge is 2.45. The molecular formula is C24H25ClN2O4. The molecule has 0 aromatic heterocycles. The van der Waals surface area contributed by atoms with Gasteiger partial charge in [0, 0.05) is 23.7 Å². The number of ether oxygens (including phenoxy) is 1. The summed E-state index contributed by atoms with van der Waals surface area (Å²) < 4.78 is 5.46. The van der Waals surface area contributed by atoms with Crippen LogP contribution in [-0.2, 0) is 9.59 Å². The monoisotopic (exact) mass is 440 g/mol. The Labute approximate surface area is 187 Å². The van der Waals surface area contributed by atoms with Gasteiger partial charge in [0.15, 0.2) is 0 Å². The molecule has 0 spiro atoms. The minimum atomic E-state index is -0.705. The van der Waals surface area contributed by atoms with Gasteiger partial charge in [-0.25, -0.2) is 0 Å². The number of ketones is 1. The van der Waals surface area contributed by atoms with Crippen molar-refractivity contribution in [3.8, 4) is 5.75 Å². The number of likely N-dealkylation sites (tertiary alicyclic amines) is 1. The molecule has 0 unspecified atom stereocenters. The van der Waals surface area contributed by atoms with E-state index in [9.17, 15) is 14.7 Å². The zero-order valence-corrected chi connectivity index (χ0v) is 18.3. The Morgan fingerprint density at radius 2 is 1.81 bits per heavy atom. The maximum Gasteiger partial charge on any atom is 0.295 e. The van der Waals surface area contributed by atoms with E-state index in [1.807, 2.05) is 19.0 Å². The van der Waals surface area contributed by atoms with Crippen molar-refractivity contribution in [1.82, 2.24) is 9.80 Å². The molecule has 162 valence electrons. The molecule has 6 nitrogen and oxygen atoms in total. The number of likely N-dealkylation sites (N-methyl/N-ethyl adjacent to an activating group) is 1. The van der Waals surface area contributed by atoms with Crippen LogP contribution in [0.15, 0.2) is 66.8 Å². The molecule has 0 radical (unpaired) electrons. The predicted octanol–water partition coefficient (Wildman–Crippen LogP) is 3.89. The Hall–Kier alpha value is -3.09. The molecule has 1 saturated heterocycles. The second-order valence-corrected chi connectivity index (χ2v) is 7.91. The number of nitrogens with zero attached hydrogens (tertiary/aromatic N) is 2. The van der Waals surface area contributed by atoms with Crippen LogP contribution in [0.25, 0.3) is 5.76 Å². The topological polar surface area (TPSA) is 70.1 Å². The summed E-state index contributed by atoms with van der Waals surface area (Å²) in [5, 5.41) is 11.6. The number of halogens is 1. The lowest BCUT2D eigenvalue weighted by atomic mass is 9.95. The quantitative estimate of drug-likeness (QED) is 0.292. The Morgan fingerprint density at radius 1 is 1.16 bits per heavy atom. The number of carbonyl (C=O) groups is 2. The summed E-state index contributed by atoms with van der Waals surface area (Å²) in [6.07, 6.45) is 1.63. The molecule has 2 aromatic carbocycles. The number of hydrogen-bond acceptors (Lipinski definition) is 5. The lowest BCUT2D eigenvalue weighted by Crippen LogP contribution is -2.35. The number of carbonyl (C=O) groups excluding carboxylic acids is 2. The van der Waals surface area contributed by atoms with Gasteiger partial charge in [-0.3, -0.25) is 9.59 Å². The standard InChI is InChI=1S/C24H25ClN2O4/c1-4-15-31-19-11-7-17(8-12-19)22(28)20-21(16-5-9-18(25)10-6-16)27(14-13-26(2)3)24(30)23(20)29/h4-12,21,28H,1,13-15H2,2-3H3/t21-/m1/s1. The average molecular weight is 441 g/mol. The minimum absolute atomic E-state index is 0.0610. The third-order valence-electron chi connectivity index (χ3n) is 5.01. The molecule has 1 fully saturated rings. The number of amides is 1. The van der Waals surface area contributed by atoms with Crippen LogP contribution in [0.3, 0.4) is 0 Å². The van der Waals surface area contributed by atoms with Crippen LogP contribution in [-0.4, -0.2) is 60.4 Å². The van der Waals surface area contributed by atoms with Gasteiger partial charge in [0.1, 0.15) is 18.1 Å². The van der Waals surface area contributed by atoms with Crippen molar-refractivity contribution >= 4 is 29.1 Å². The first-order chi connectivity index (χ1) is 14.8. The van der Waals surface area contributed by atoms with E-state index in [-0.39, 0.29) is 11.3 Å². The van der Waals surface area contributed by atoms with Crippen LogP contribution in [0.2, 0.25) is 5.02 Å². The molecule has 1 atom stereocenters. The van der Waals surface area contributed by atoms with Crippen LogP contribution in [0.5, 0.6) is 5.75 Å². The number of aliphatic hydroxyl groups excluding tert-OH is 1. The molecule has 0 bridgehead atoms. The summed E-state index contributed by atoms with van der Waals surface area (Å²) in [6, 6.07) is 12.9. The van der Waals surface area contributed by atoms with E-state index in [0.717, 1.165) is 0 Å². The fraction of sp³-hybridized carbons (Fsp3) is 0.250. The Balaban J connectivity index is 2.05. The van der Waals surface area contributed by atoms with Gasteiger partial charge in [-0.2, -0.15) is 0 Å². The third-order valence-corrected chi connectivity index (χ3v) is 5.26. The Kier molecular flexibility index (Phi) is 7.15. The lowest BCUT2D eigenvalue weighted by Gasteiger charge is -2.26. The minimum Gasteiger partial charge on any atom is -0.507 e. The smallest absolute Gasteiger partial charge is 0.295 e. The maximum atomic E-state index is 12.9. The van der Waals surface area contributed by atoms with E-state index in [1.54, 1.807) is 54.6 Å². The van der Waals surface area contributed by atoms with Gasteiger partial charge >= 0.3 is 0 Å². The van der Waals surface area contributed by atoms with Crippen LogP contribution >= 0.6 is 11.6 Å². The normalized spacial score (nSPS) is 17.9. The summed E-state index contributed by atoms with van der Waals surface area (Å²) in [7, 11) is 3.79. The van der Waals surface area contributed by atoms with Gasteiger partial charge in [0.2, 0.25) is 0 Å². The zero-order chi connectivity index (χ0) is 22.5. The molecule has 31 heavy (non-hydrogen) atoms. The summed E-state index contributed by atoms with van der Waals surface area (Å²) in [6.45, 7) is 4.89. The van der Waals surface area contributed by atoms with Gasteiger partial charge in [0.25, 0.3) is 11.7 Å². The predicted molar refractivity (Wildman–Crippen MR) is 121 cm³/mol. The summed E-state index contributed by atoms with van der Waals surface area (Å²) >= 11 is 6.03. The van der Waals surface area contributed by atoms with E-state index >= 15 is 0 Å². The van der Waals surface area contributed by atoms with E-state index < -0.39 is 17.7 Å². The molecule has 0 aliphatic carbocycles. The highest BCUT2D eigenvalue weighted by Crippen LogP contribution is 2.39. The van der Waals surface area contributed by atoms with Crippen molar-refractivity contribution in [3.05, 3.63) is 82.9 Å². The van der Waals surface area contributed by atoms with E-state index in [0.29, 0.717) is 41.6 Å². The van der Waals surface area contributed by atoms with Crippen molar-refractivity contribution in [1.29, 1.82) is 0 Å². The first-order valence-electron chi connectivity index (χ1n) is 9.86. The average Bonchev–Trinajstić information content (AvgIpc) is 3.01. The molecule has 3 rings (SSSR count). The first-order valence-corrected chi connectivity index (χ1v) is 10.2. The number of Topliss-reactive ketones (excluding diaryl/α,β-unsaturated/α-hetero) is 1. The van der Waals surface area contributed by atoms with Gasteiger partial charge in [-0.15, -0.1) is 0 Å². The molecule has 1 aliphatic heterocycles. The first kappa shape index (κ1) is 22.6. The van der Waals surface area contributed by atoms with E-state index in [4.69, 9.17) is 16.3 Å². The second kappa shape index (κ2) is 9.81. The summed E-state index contributed by atoms with van der Waals surface area (Å²) in [5.74, 6) is -0.949. The van der Waals surface area contributed by atoms with Gasteiger partial charge < -0.3 is 19.6 Å². The number of rotatable bonds is 8. The van der Waals surface area contributed by atoms with Crippen molar-refractivity contribution in [3.63, 3.8) is 0 Å².